The minimum absolute atomic E-state index is 0.489. The fourth-order valence-corrected chi connectivity index (χ4v) is 3.68. The Bertz CT molecular complexity index is 1010. The molecule has 0 aliphatic heterocycles. The van der Waals surface area contributed by atoms with Crippen molar-refractivity contribution in [2.24, 2.45) is 0 Å². The van der Waals surface area contributed by atoms with Crippen LogP contribution in [0.3, 0.4) is 0 Å². The van der Waals surface area contributed by atoms with E-state index in [0.717, 1.165) is 40.0 Å². The first-order chi connectivity index (χ1) is 13.7. The highest BCUT2D eigenvalue weighted by Gasteiger charge is 2.09. The molecular formula is C22H20BrN3OS. The van der Waals surface area contributed by atoms with E-state index in [1.54, 1.807) is 6.20 Å². The number of hydrogen-bond donors (Lipinski definition) is 1. The standard InChI is InChI=1S/C22H20BrN3OS/c1-2-3-10-27-20-9-5-8-19(12-20)25-14-17(13-24)22-26-21(15-28-22)16-6-4-7-18(23)11-16/h4-9,11-12,14-15,25H,2-3,10H2,1H3. The Labute approximate surface area is 177 Å². The first-order valence-electron chi connectivity index (χ1n) is 9.01. The average molecular weight is 454 g/mol. The van der Waals surface area contributed by atoms with E-state index in [2.05, 4.69) is 39.2 Å². The van der Waals surface area contributed by atoms with Crippen LogP contribution >= 0.6 is 27.3 Å². The van der Waals surface area contributed by atoms with Gasteiger partial charge in [0.25, 0.3) is 0 Å². The zero-order valence-corrected chi connectivity index (χ0v) is 17.9. The normalized spacial score (nSPS) is 11.1. The maximum atomic E-state index is 9.56. The molecule has 0 aliphatic rings. The van der Waals surface area contributed by atoms with E-state index >= 15 is 0 Å². The number of anilines is 1. The summed E-state index contributed by atoms with van der Waals surface area (Å²) in [4.78, 5) is 4.61. The van der Waals surface area contributed by atoms with Gasteiger partial charge in [-0.3, -0.25) is 0 Å². The summed E-state index contributed by atoms with van der Waals surface area (Å²) < 4.78 is 6.73. The Morgan fingerprint density at radius 2 is 2.14 bits per heavy atom. The molecule has 0 spiro atoms. The van der Waals surface area contributed by atoms with Gasteiger partial charge in [0, 0.05) is 33.4 Å². The van der Waals surface area contributed by atoms with Crippen LogP contribution in [0.1, 0.15) is 24.8 Å². The molecule has 0 saturated carbocycles. The molecule has 1 aromatic heterocycles. The number of nitrogens with one attached hydrogen (secondary N) is 1. The van der Waals surface area contributed by atoms with E-state index in [1.807, 2.05) is 53.9 Å². The van der Waals surface area contributed by atoms with Crippen LogP contribution in [0, 0.1) is 11.3 Å². The van der Waals surface area contributed by atoms with Gasteiger partial charge in [0.15, 0.2) is 0 Å². The highest BCUT2D eigenvalue weighted by molar-refractivity contribution is 9.10. The van der Waals surface area contributed by atoms with Crippen molar-refractivity contribution < 1.29 is 4.74 Å². The third-order valence-electron chi connectivity index (χ3n) is 3.96. The molecule has 0 saturated heterocycles. The summed E-state index contributed by atoms with van der Waals surface area (Å²) in [5.41, 5.74) is 3.22. The zero-order valence-electron chi connectivity index (χ0n) is 15.5. The number of thiazole rings is 1. The molecule has 4 nitrogen and oxygen atoms in total. The molecule has 2 aromatic carbocycles. The van der Waals surface area contributed by atoms with Crippen molar-refractivity contribution in [1.29, 1.82) is 5.26 Å². The van der Waals surface area contributed by atoms with Crippen molar-refractivity contribution in [2.45, 2.75) is 19.8 Å². The number of ether oxygens (including phenoxy) is 1. The minimum atomic E-state index is 0.489. The SMILES string of the molecule is CCCCOc1cccc(NC=C(C#N)c2nc(-c3cccc(Br)c3)cs2)c1. The number of benzene rings is 2. The molecule has 0 aliphatic carbocycles. The lowest BCUT2D eigenvalue weighted by molar-refractivity contribution is 0.309. The highest BCUT2D eigenvalue weighted by Crippen LogP contribution is 2.28. The Morgan fingerprint density at radius 1 is 1.29 bits per heavy atom. The molecule has 1 N–H and O–H groups in total. The third-order valence-corrected chi connectivity index (χ3v) is 5.33. The number of hydrogen-bond acceptors (Lipinski definition) is 5. The molecule has 1 heterocycles. The smallest absolute Gasteiger partial charge is 0.136 e. The predicted molar refractivity (Wildman–Crippen MR) is 119 cm³/mol. The van der Waals surface area contributed by atoms with Crippen LogP contribution in [0.15, 0.2) is 64.6 Å². The molecule has 0 unspecified atom stereocenters. The number of allylic oxidation sites excluding steroid dienone is 1. The third kappa shape index (κ3) is 5.44. The van der Waals surface area contributed by atoms with E-state index < -0.39 is 0 Å². The van der Waals surface area contributed by atoms with Crippen molar-refractivity contribution in [3.8, 4) is 23.1 Å². The van der Waals surface area contributed by atoms with Gasteiger partial charge in [-0.2, -0.15) is 5.26 Å². The molecule has 6 heteroatoms. The van der Waals surface area contributed by atoms with E-state index in [4.69, 9.17) is 4.74 Å². The average Bonchev–Trinajstić information content (AvgIpc) is 3.19. The van der Waals surface area contributed by atoms with E-state index in [9.17, 15) is 5.26 Å². The largest absolute Gasteiger partial charge is 0.494 e. The predicted octanol–water partition coefficient (Wildman–Crippen LogP) is 6.73. The van der Waals surface area contributed by atoms with Crippen LogP contribution in [0.4, 0.5) is 5.69 Å². The maximum Gasteiger partial charge on any atom is 0.136 e. The minimum Gasteiger partial charge on any atom is -0.494 e. The summed E-state index contributed by atoms with van der Waals surface area (Å²) in [7, 11) is 0. The van der Waals surface area contributed by atoms with E-state index in [0.29, 0.717) is 17.2 Å². The molecule has 0 amide bonds. The summed E-state index contributed by atoms with van der Waals surface area (Å²) in [6.45, 7) is 2.84. The van der Waals surface area contributed by atoms with Crippen molar-refractivity contribution in [1.82, 2.24) is 4.98 Å². The van der Waals surface area contributed by atoms with Crippen LogP contribution in [0.5, 0.6) is 5.75 Å². The van der Waals surface area contributed by atoms with Crippen LogP contribution in [-0.4, -0.2) is 11.6 Å². The lowest BCUT2D eigenvalue weighted by Crippen LogP contribution is -1.97. The van der Waals surface area contributed by atoms with Gasteiger partial charge in [0.05, 0.1) is 12.3 Å². The number of aromatic nitrogens is 1. The zero-order chi connectivity index (χ0) is 19.8. The number of nitriles is 1. The molecule has 3 aromatic rings. The number of rotatable bonds is 8. The molecule has 3 rings (SSSR count). The van der Waals surface area contributed by atoms with Crippen molar-refractivity contribution in [3.63, 3.8) is 0 Å². The first kappa shape index (κ1) is 20.1. The summed E-state index contributed by atoms with van der Waals surface area (Å²) in [6, 6.07) is 17.9. The quantitative estimate of drug-likeness (QED) is 0.303. The monoisotopic (exact) mass is 453 g/mol. The fourth-order valence-electron chi connectivity index (χ4n) is 2.49. The number of unbranched alkanes of at least 4 members (excludes halogenated alkanes) is 1. The maximum absolute atomic E-state index is 9.56. The van der Waals surface area contributed by atoms with Crippen molar-refractivity contribution in [3.05, 3.63) is 69.6 Å². The Hall–Kier alpha value is -2.62. The van der Waals surface area contributed by atoms with Crippen LogP contribution in [0.25, 0.3) is 16.8 Å². The van der Waals surface area contributed by atoms with Gasteiger partial charge in [-0.15, -0.1) is 11.3 Å². The Kier molecular flexibility index (Phi) is 7.24. The Morgan fingerprint density at radius 3 is 2.93 bits per heavy atom. The molecule has 142 valence electrons. The van der Waals surface area contributed by atoms with Gasteiger partial charge in [-0.25, -0.2) is 4.98 Å². The lowest BCUT2D eigenvalue weighted by Gasteiger charge is -2.07. The first-order valence-corrected chi connectivity index (χ1v) is 10.7. The summed E-state index contributed by atoms with van der Waals surface area (Å²) in [5.74, 6) is 0.816. The van der Waals surface area contributed by atoms with Crippen LogP contribution in [-0.2, 0) is 0 Å². The Balaban J connectivity index is 1.73. The highest BCUT2D eigenvalue weighted by atomic mass is 79.9. The summed E-state index contributed by atoms with van der Waals surface area (Å²) in [5, 5.41) is 15.4. The topological polar surface area (TPSA) is 57.9 Å². The van der Waals surface area contributed by atoms with Crippen LogP contribution in [0.2, 0.25) is 0 Å². The van der Waals surface area contributed by atoms with Gasteiger partial charge < -0.3 is 10.1 Å². The second kappa shape index (κ2) is 10.1. The summed E-state index contributed by atoms with van der Waals surface area (Å²) in [6.07, 6.45) is 3.82. The molecule has 0 radical (unpaired) electrons. The van der Waals surface area contributed by atoms with Crippen LogP contribution < -0.4 is 10.1 Å². The number of nitrogens with zero attached hydrogens (tertiary/aromatic N) is 2. The molecular weight excluding hydrogens is 434 g/mol. The van der Waals surface area contributed by atoms with Gasteiger partial charge in [-0.05, 0) is 30.7 Å². The van der Waals surface area contributed by atoms with Gasteiger partial charge in [0.2, 0.25) is 0 Å². The van der Waals surface area contributed by atoms with E-state index in [-0.39, 0.29) is 0 Å². The second-order valence-corrected chi connectivity index (χ2v) is 7.87. The van der Waals surface area contributed by atoms with Crippen molar-refractivity contribution >= 4 is 38.5 Å². The molecule has 0 atom stereocenters. The molecule has 28 heavy (non-hydrogen) atoms. The lowest BCUT2D eigenvalue weighted by atomic mass is 10.2. The fraction of sp³-hybridized carbons (Fsp3) is 0.182. The summed E-state index contributed by atoms with van der Waals surface area (Å²) >= 11 is 4.93. The van der Waals surface area contributed by atoms with Gasteiger partial charge >= 0.3 is 0 Å². The second-order valence-electron chi connectivity index (χ2n) is 6.09. The molecule has 0 fully saturated rings. The number of halogens is 1. The van der Waals surface area contributed by atoms with E-state index in [1.165, 1.54) is 11.3 Å². The van der Waals surface area contributed by atoms with Crippen molar-refractivity contribution in [2.75, 3.05) is 11.9 Å². The van der Waals surface area contributed by atoms with Gasteiger partial charge in [-0.1, -0.05) is 47.5 Å². The van der Waals surface area contributed by atoms with Gasteiger partial charge in [0.1, 0.15) is 22.4 Å². The molecule has 0 bridgehead atoms.